The monoisotopic (exact) mass is 274 g/mol. The molecule has 0 saturated heterocycles. The van der Waals surface area contributed by atoms with Crippen molar-refractivity contribution in [3.8, 4) is 0 Å². The van der Waals surface area contributed by atoms with E-state index in [1.54, 1.807) is 23.5 Å². The first kappa shape index (κ1) is 13.8. The van der Waals surface area contributed by atoms with Gasteiger partial charge in [0.15, 0.2) is 0 Å². The van der Waals surface area contributed by atoms with Gasteiger partial charge < -0.3 is 5.73 Å². The van der Waals surface area contributed by atoms with Gasteiger partial charge >= 0.3 is 0 Å². The summed E-state index contributed by atoms with van der Waals surface area (Å²) in [5, 5.41) is 2.10. The fourth-order valence-corrected chi connectivity index (χ4v) is 2.79. The van der Waals surface area contributed by atoms with E-state index in [1.165, 1.54) is 10.4 Å². The number of thiophene rings is 1. The molecule has 0 unspecified atom stereocenters. The molecule has 0 bridgehead atoms. The quantitative estimate of drug-likeness (QED) is 0.911. The Bertz CT molecular complexity index is 534. The van der Waals surface area contributed by atoms with Crippen LogP contribution in [0, 0.1) is 0 Å². The van der Waals surface area contributed by atoms with Crippen molar-refractivity contribution >= 4 is 17.2 Å². The maximum absolute atomic E-state index is 11.0. The lowest BCUT2D eigenvalue weighted by molar-refractivity contribution is 0.100. The van der Waals surface area contributed by atoms with Gasteiger partial charge in [-0.3, -0.25) is 9.69 Å². The third kappa shape index (κ3) is 3.43. The predicted molar refractivity (Wildman–Crippen MR) is 79.2 cm³/mol. The van der Waals surface area contributed by atoms with Crippen LogP contribution in [-0.2, 0) is 6.54 Å². The SMILES string of the molecule is C[C@@H](c1cccs1)N(C)Cc1ccc(C(N)=O)cc1. The fraction of sp³-hybridized carbons (Fsp3) is 0.267. The minimum absolute atomic E-state index is 0.383. The summed E-state index contributed by atoms with van der Waals surface area (Å²) in [6.07, 6.45) is 0. The maximum atomic E-state index is 11.0. The smallest absolute Gasteiger partial charge is 0.248 e. The number of hydrogen-bond acceptors (Lipinski definition) is 3. The van der Waals surface area contributed by atoms with Crippen molar-refractivity contribution in [2.45, 2.75) is 19.5 Å². The molecular weight excluding hydrogens is 256 g/mol. The van der Waals surface area contributed by atoms with Crippen LogP contribution in [0.5, 0.6) is 0 Å². The lowest BCUT2D eigenvalue weighted by Crippen LogP contribution is -2.21. The zero-order valence-corrected chi connectivity index (χ0v) is 12.0. The molecule has 2 N–H and O–H groups in total. The van der Waals surface area contributed by atoms with Crippen molar-refractivity contribution < 1.29 is 4.79 Å². The molecule has 0 saturated carbocycles. The number of rotatable bonds is 5. The summed E-state index contributed by atoms with van der Waals surface area (Å²) in [4.78, 5) is 14.7. The number of carbonyl (C=O) groups excluding carboxylic acids is 1. The molecule has 1 atom stereocenters. The van der Waals surface area contributed by atoms with Crippen LogP contribution in [0.1, 0.15) is 33.8 Å². The molecule has 1 heterocycles. The summed E-state index contributed by atoms with van der Waals surface area (Å²) >= 11 is 1.77. The molecule has 2 aromatic rings. The second kappa shape index (κ2) is 5.99. The normalized spacial score (nSPS) is 12.6. The Morgan fingerprint density at radius 1 is 1.32 bits per heavy atom. The van der Waals surface area contributed by atoms with Crippen molar-refractivity contribution in [2.24, 2.45) is 5.73 Å². The topological polar surface area (TPSA) is 46.3 Å². The van der Waals surface area contributed by atoms with Crippen LogP contribution in [0.25, 0.3) is 0 Å². The van der Waals surface area contributed by atoms with Gasteiger partial charge in [0.05, 0.1) is 0 Å². The number of nitrogens with two attached hydrogens (primary N) is 1. The van der Waals surface area contributed by atoms with Gasteiger partial charge in [0.2, 0.25) is 5.91 Å². The van der Waals surface area contributed by atoms with E-state index in [2.05, 4.69) is 36.4 Å². The summed E-state index contributed by atoms with van der Waals surface area (Å²) in [5.41, 5.74) is 6.96. The van der Waals surface area contributed by atoms with Crippen LogP contribution in [0.4, 0.5) is 0 Å². The molecule has 3 nitrogen and oxygen atoms in total. The van der Waals surface area contributed by atoms with Crippen LogP contribution >= 0.6 is 11.3 Å². The first-order valence-electron chi connectivity index (χ1n) is 6.20. The van der Waals surface area contributed by atoms with Crippen molar-refractivity contribution in [3.05, 3.63) is 57.8 Å². The van der Waals surface area contributed by atoms with Gasteiger partial charge in [-0.15, -0.1) is 11.3 Å². The minimum atomic E-state index is -0.383. The molecule has 0 aliphatic carbocycles. The van der Waals surface area contributed by atoms with Crippen LogP contribution in [0.3, 0.4) is 0 Å². The van der Waals surface area contributed by atoms with Crippen LogP contribution < -0.4 is 5.73 Å². The van der Waals surface area contributed by atoms with Gasteiger partial charge in [-0.25, -0.2) is 0 Å². The Kier molecular flexibility index (Phi) is 4.35. The van der Waals surface area contributed by atoms with E-state index in [-0.39, 0.29) is 5.91 Å². The van der Waals surface area contributed by atoms with E-state index in [9.17, 15) is 4.79 Å². The first-order valence-corrected chi connectivity index (χ1v) is 7.08. The number of amides is 1. The molecule has 2 rings (SSSR count). The summed E-state index contributed by atoms with van der Waals surface area (Å²) in [6.45, 7) is 3.04. The van der Waals surface area contributed by atoms with Crippen LogP contribution in [-0.4, -0.2) is 17.9 Å². The Morgan fingerprint density at radius 3 is 2.53 bits per heavy atom. The molecule has 1 aromatic carbocycles. The largest absolute Gasteiger partial charge is 0.366 e. The zero-order chi connectivity index (χ0) is 13.8. The fourth-order valence-electron chi connectivity index (χ4n) is 1.95. The molecule has 19 heavy (non-hydrogen) atoms. The Labute approximate surface area is 117 Å². The standard InChI is InChI=1S/C15H18N2OS/c1-11(14-4-3-9-19-14)17(2)10-12-5-7-13(8-6-12)15(16)18/h3-9,11H,10H2,1-2H3,(H2,16,18)/t11-/m0/s1. The molecule has 0 radical (unpaired) electrons. The average molecular weight is 274 g/mol. The van der Waals surface area contributed by atoms with E-state index < -0.39 is 0 Å². The Balaban J connectivity index is 2.02. The van der Waals surface area contributed by atoms with E-state index in [4.69, 9.17) is 5.73 Å². The highest BCUT2D eigenvalue weighted by Crippen LogP contribution is 2.24. The Hall–Kier alpha value is -1.65. The molecule has 0 aliphatic rings. The van der Waals surface area contributed by atoms with Gasteiger partial charge in [-0.2, -0.15) is 0 Å². The maximum Gasteiger partial charge on any atom is 0.248 e. The molecule has 0 aliphatic heterocycles. The molecule has 4 heteroatoms. The number of primary amides is 1. The highest BCUT2D eigenvalue weighted by molar-refractivity contribution is 7.10. The molecule has 100 valence electrons. The lowest BCUT2D eigenvalue weighted by Gasteiger charge is -2.23. The molecule has 1 amide bonds. The van der Waals surface area contributed by atoms with Gasteiger partial charge in [0.1, 0.15) is 0 Å². The second-order valence-corrected chi connectivity index (χ2v) is 5.65. The predicted octanol–water partition coefficient (Wildman–Crippen LogP) is 3.04. The van der Waals surface area contributed by atoms with Crippen molar-refractivity contribution in [2.75, 3.05) is 7.05 Å². The summed E-state index contributed by atoms with van der Waals surface area (Å²) in [6, 6.07) is 12.1. The number of benzene rings is 1. The molecule has 1 aromatic heterocycles. The van der Waals surface area contributed by atoms with Crippen molar-refractivity contribution in [1.82, 2.24) is 4.90 Å². The summed E-state index contributed by atoms with van der Waals surface area (Å²) in [5.74, 6) is -0.383. The van der Waals surface area contributed by atoms with Gasteiger partial charge in [-0.1, -0.05) is 18.2 Å². The molecule has 0 spiro atoms. The van der Waals surface area contributed by atoms with Gasteiger partial charge in [0, 0.05) is 23.0 Å². The van der Waals surface area contributed by atoms with E-state index in [0.29, 0.717) is 11.6 Å². The summed E-state index contributed by atoms with van der Waals surface area (Å²) in [7, 11) is 2.10. The minimum Gasteiger partial charge on any atom is -0.366 e. The average Bonchev–Trinajstić information content (AvgIpc) is 2.92. The summed E-state index contributed by atoms with van der Waals surface area (Å²) < 4.78 is 0. The van der Waals surface area contributed by atoms with E-state index in [0.717, 1.165) is 6.54 Å². The highest BCUT2D eigenvalue weighted by Gasteiger charge is 2.12. The third-order valence-corrected chi connectivity index (χ3v) is 4.33. The zero-order valence-electron chi connectivity index (χ0n) is 11.2. The van der Waals surface area contributed by atoms with Crippen LogP contribution in [0.2, 0.25) is 0 Å². The van der Waals surface area contributed by atoms with Crippen molar-refractivity contribution in [3.63, 3.8) is 0 Å². The van der Waals surface area contributed by atoms with E-state index in [1.807, 2.05) is 12.1 Å². The number of hydrogen-bond donors (Lipinski definition) is 1. The van der Waals surface area contributed by atoms with Crippen molar-refractivity contribution in [1.29, 1.82) is 0 Å². The molecular formula is C15H18N2OS. The van der Waals surface area contributed by atoms with Crippen LogP contribution in [0.15, 0.2) is 41.8 Å². The highest BCUT2D eigenvalue weighted by atomic mass is 32.1. The van der Waals surface area contributed by atoms with E-state index >= 15 is 0 Å². The number of nitrogens with zero attached hydrogens (tertiary/aromatic N) is 1. The third-order valence-electron chi connectivity index (χ3n) is 3.29. The Morgan fingerprint density at radius 2 is 2.00 bits per heavy atom. The molecule has 0 fully saturated rings. The number of carbonyl (C=O) groups is 1. The van der Waals surface area contributed by atoms with Gasteiger partial charge in [-0.05, 0) is 43.1 Å². The van der Waals surface area contributed by atoms with Gasteiger partial charge in [0.25, 0.3) is 0 Å². The first-order chi connectivity index (χ1) is 9.08. The second-order valence-electron chi connectivity index (χ2n) is 4.67. The lowest BCUT2D eigenvalue weighted by atomic mass is 10.1.